The van der Waals surface area contributed by atoms with Crippen LogP contribution in [0.3, 0.4) is 0 Å². The molecule has 3 rings (SSSR count). The van der Waals surface area contributed by atoms with E-state index in [9.17, 15) is 9.46 Å². The second-order valence-corrected chi connectivity index (χ2v) is 10.2. The minimum absolute atomic E-state index is 0.457. The molecule has 25 heavy (non-hydrogen) atoms. The number of morpholine rings is 1. The number of aromatic nitrogens is 1. The summed E-state index contributed by atoms with van der Waals surface area (Å²) in [6, 6.07) is 9.81. The van der Waals surface area contributed by atoms with Crippen molar-refractivity contribution in [2.45, 2.75) is 12.2 Å². The standard InChI is InChI=1S/C17H24N3O3PS/c21-24(22,19-8-3-9-20-10-12-23-13-11-20)25-14-16-5-1-4-15-6-2-7-18-17(15)16/h1-2,4-7H,3,8-14H2,(H2,19,21,22). The van der Waals surface area contributed by atoms with E-state index in [0.717, 1.165) is 67.1 Å². The summed E-state index contributed by atoms with van der Waals surface area (Å²) in [7, 11) is 0. The summed E-state index contributed by atoms with van der Waals surface area (Å²) in [4.78, 5) is 16.8. The molecule has 0 amide bonds. The van der Waals surface area contributed by atoms with Crippen molar-refractivity contribution in [3.63, 3.8) is 0 Å². The predicted molar refractivity (Wildman–Crippen MR) is 103 cm³/mol. The third-order valence-electron chi connectivity index (χ3n) is 4.18. The fourth-order valence-corrected chi connectivity index (χ4v) is 5.40. The summed E-state index contributed by atoms with van der Waals surface area (Å²) in [6.45, 7) is 1.49. The molecule has 2 heterocycles. The van der Waals surface area contributed by atoms with Crippen LogP contribution in [-0.4, -0.2) is 54.2 Å². The Hall–Kier alpha value is -0.950. The highest BCUT2D eigenvalue weighted by Crippen LogP contribution is 2.52. The van der Waals surface area contributed by atoms with Gasteiger partial charge in [0, 0.05) is 37.0 Å². The van der Waals surface area contributed by atoms with Crippen molar-refractivity contribution in [1.29, 1.82) is 0 Å². The van der Waals surface area contributed by atoms with Gasteiger partial charge >= 0.3 is 6.72 Å². The van der Waals surface area contributed by atoms with Gasteiger partial charge in [-0.2, -0.15) is 0 Å². The summed E-state index contributed by atoms with van der Waals surface area (Å²) < 4.78 is 17.6. The Bertz CT molecular complexity index is 735. The summed E-state index contributed by atoms with van der Waals surface area (Å²) in [5, 5.41) is 3.86. The SMILES string of the molecule is O=P(O)(NCCCN1CCOCC1)SCc1cccc2cccnc12. The van der Waals surface area contributed by atoms with E-state index in [-0.39, 0.29) is 0 Å². The monoisotopic (exact) mass is 381 g/mol. The first-order valence-corrected chi connectivity index (χ1v) is 11.7. The molecule has 0 radical (unpaired) electrons. The van der Waals surface area contributed by atoms with E-state index >= 15 is 0 Å². The first kappa shape index (κ1) is 18.8. The van der Waals surface area contributed by atoms with Gasteiger partial charge in [-0.15, -0.1) is 0 Å². The fourth-order valence-electron chi connectivity index (χ4n) is 2.83. The Balaban J connectivity index is 1.45. The predicted octanol–water partition coefficient (Wildman–Crippen LogP) is 2.88. The summed E-state index contributed by atoms with van der Waals surface area (Å²) >= 11 is 1.06. The quantitative estimate of drug-likeness (QED) is 0.538. The molecule has 6 nitrogen and oxygen atoms in total. The third kappa shape index (κ3) is 5.78. The molecule has 136 valence electrons. The lowest BCUT2D eigenvalue weighted by Gasteiger charge is -2.26. The number of nitrogens with zero attached hydrogens (tertiary/aromatic N) is 2. The number of para-hydroxylation sites is 1. The number of rotatable bonds is 8. The molecule has 1 aliphatic heterocycles. The zero-order chi connectivity index (χ0) is 17.5. The number of fused-ring (bicyclic) bond motifs is 1. The lowest BCUT2D eigenvalue weighted by molar-refractivity contribution is 0.0376. The van der Waals surface area contributed by atoms with Crippen LogP contribution in [0.25, 0.3) is 10.9 Å². The molecule has 0 spiro atoms. The lowest BCUT2D eigenvalue weighted by atomic mass is 10.1. The van der Waals surface area contributed by atoms with Gasteiger partial charge in [0.2, 0.25) is 0 Å². The third-order valence-corrected chi connectivity index (χ3v) is 7.42. The minimum atomic E-state index is -3.41. The Kier molecular flexibility index (Phi) is 6.87. The molecule has 1 saturated heterocycles. The maximum absolute atomic E-state index is 12.3. The van der Waals surface area contributed by atoms with E-state index in [4.69, 9.17) is 4.74 Å². The molecule has 1 atom stereocenters. The van der Waals surface area contributed by atoms with Crippen molar-refractivity contribution in [3.8, 4) is 0 Å². The van der Waals surface area contributed by atoms with Crippen LogP contribution in [0.5, 0.6) is 0 Å². The number of benzene rings is 1. The van der Waals surface area contributed by atoms with Gasteiger partial charge in [-0.3, -0.25) is 14.4 Å². The smallest absolute Gasteiger partial charge is 0.324 e. The number of hydrogen-bond donors (Lipinski definition) is 2. The second-order valence-electron chi connectivity index (χ2n) is 6.00. The number of hydrogen-bond acceptors (Lipinski definition) is 5. The molecule has 1 aromatic heterocycles. The maximum Gasteiger partial charge on any atom is 0.324 e. The average molecular weight is 381 g/mol. The summed E-state index contributed by atoms with van der Waals surface area (Å²) in [5.41, 5.74) is 1.87. The topological polar surface area (TPSA) is 74.7 Å². The normalized spacial score (nSPS) is 18.3. The van der Waals surface area contributed by atoms with E-state index in [1.54, 1.807) is 6.20 Å². The van der Waals surface area contributed by atoms with Crippen molar-refractivity contribution in [2.24, 2.45) is 0 Å². The largest absolute Gasteiger partial charge is 0.379 e. The first-order valence-electron chi connectivity index (χ1n) is 8.49. The van der Waals surface area contributed by atoms with Crippen LogP contribution >= 0.6 is 18.1 Å². The van der Waals surface area contributed by atoms with Crippen LogP contribution in [0, 0.1) is 0 Å². The Morgan fingerprint density at radius 1 is 1.28 bits per heavy atom. The highest BCUT2D eigenvalue weighted by molar-refractivity contribution is 8.55. The number of pyridine rings is 1. The molecule has 1 unspecified atom stereocenters. The average Bonchev–Trinajstić information content (AvgIpc) is 2.64. The lowest BCUT2D eigenvalue weighted by Crippen LogP contribution is -2.37. The fraction of sp³-hybridized carbons (Fsp3) is 0.471. The first-order chi connectivity index (χ1) is 12.1. The Labute approximate surface area is 152 Å². The van der Waals surface area contributed by atoms with Crippen molar-refractivity contribution in [3.05, 3.63) is 42.1 Å². The highest BCUT2D eigenvalue weighted by Gasteiger charge is 2.19. The molecule has 1 aromatic carbocycles. The molecule has 2 N–H and O–H groups in total. The highest BCUT2D eigenvalue weighted by atomic mass is 32.7. The minimum Gasteiger partial charge on any atom is -0.379 e. The van der Waals surface area contributed by atoms with Crippen LogP contribution in [0.1, 0.15) is 12.0 Å². The van der Waals surface area contributed by atoms with Crippen LogP contribution in [0.4, 0.5) is 0 Å². The van der Waals surface area contributed by atoms with Gasteiger partial charge in [-0.1, -0.05) is 24.3 Å². The van der Waals surface area contributed by atoms with Gasteiger partial charge < -0.3 is 9.63 Å². The van der Waals surface area contributed by atoms with Crippen molar-refractivity contribution < 1.29 is 14.2 Å². The molecule has 1 fully saturated rings. The van der Waals surface area contributed by atoms with E-state index in [1.807, 2.05) is 30.3 Å². The number of ether oxygens (including phenoxy) is 1. The van der Waals surface area contributed by atoms with Gasteiger partial charge in [0.05, 0.1) is 18.7 Å². The van der Waals surface area contributed by atoms with E-state index in [1.165, 1.54) is 0 Å². The molecule has 0 saturated carbocycles. The molecule has 2 aromatic rings. The van der Waals surface area contributed by atoms with Crippen LogP contribution < -0.4 is 5.09 Å². The molecule has 1 aliphatic rings. The van der Waals surface area contributed by atoms with E-state index in [2.05, 4.69) is 15.0 Å². The van der Waals surface area contributed by atoms with E-state index < -0.39 is 6.72 Å². The van der Waals surface area contributed by atoms with Gasteiger partial charge in [0.25, 0.3) is 0 Å². The van der Waals surface area contributed by atoms with E-state index in [0.29, 0.717) is 12.3 Å². The van der Waals surface area contributed by atoms with Crippen LogP contribution in [0.15, 0.2) is 36.5 Å². The zero-order valence-corrected chi connectivity index (χ0v) is 15.8. The Morgan fingerprint density at radius 3 is 2.92 bits per heavy atom. The number of nitrogens with one attached hydrogen (secondary N) is 1. The van der Waals surface area contributed by atoms with Crippen molar-refractivity contribution in [1.82, 2.24) is 15.0 Å². The van der Waals surface area contributed by atoms with Crippen molar-refractivity contribution in [2.75, 3.05) is 39.4 Å². The molecular weight excluding hydrogens is 357 g/mol. The molecule has 8 heteroatoms. The van der Waals surface area contributed by atoms with Gasteiger partial charge in [-0.05, 0) is 36.0 Å². The molecule has 0 aliphatic carbocycles. The van der Waals surface area contributed by atoms with Gasteiger partial charge in [0.15, 0.2) is 0 Å². The zero-order valence-electron chi connectivity index (χ0n) is 14.1. The summed E-state index contributed by atoms with van der Waals surface area (Å²) in [6.07, 6.45) is 2.60. The molecular formula is C17H24N3O3PS. The van der Waals surface area contributed by atoms with Crippen molar-refractivity contribution >= 4 is 29.0 Å². The Morgan fingerprint density at radius 2 is 2.08 bits per heavy atom. The van der Waals surface area contributed by atoms with Crippen LogP contribution in [-0.2, 0) is 15.1 Å². The van der Waals surface area contributed by atoms with Gasteiger partial charge in [0.1, 0.15) is 0 Å². The summed E-state index contributed by atoms with van der Waals surface area (Å²) in [5.74, 6) is 0.457. The maximum atomic E-state index is 12.3. The van der Waals surface area contributed by atoms with Gasteiger partial charge in [-0.25, -0.2) is 5.09 Å². The second kappa shape index (κ2) is 9.12. The van der Waals surface area contributed by atoms with Crippen LogP contribution in [0.2, 0.25) is 0 Å². The molecule has 0 bridgehead atoms.